The van der Waals surface area contributed by atoms with Crippen LogP contribution in [-0.2, 0) is 16.8 Å². The van der Waals surface area contributed by atoms with Crippen molar-refractivity contribution in [2.45, 2.75) is 23.9 Å². The molecule has 0 unspecified atom stereocenters. The number of fused-ring (bicyclic) bond motifs is 6. The molecule has 1 N–H and O–H groups in total. The lowest BCUT2D eigenvalue weighted by Crippen LogP contribution is -2.58. The fourth-order valence-electron chi connectivity index (χ4n) is 7.10. The van der Waals surface area contributed by atoms with E-state index in [2.05, 4.69) is 10.2 Å². The maximum absolute atomic E-state index is 14.6. The lowest BCUT2D eigenvalue weighted by Gasteiger charge is -2.44. The smallest absolute Gasteiger partial charge is 0.250 e. The Bertz CT molecular complexity index is 1340. The zero-order valence-electron chi connectivity index (χ0n) is 17.8. The highest BCUT2D eigenvalue weighted by Gasteiger charge is 2.78. The summed E-state index contributed by atoms with van der Waals surface area (Å²) in [5.41, 5.74) is 2.64. The largest absolute Gasteiger partial charge is 0.324 e. The van der Waals surface area contributed by atoms with Crippen LogP contribution in [-0.4, -0.2) is 34.3 Å². The first-order valence-corrected chi connectivity index (χ1v) is 12.8. The first-order valence-electron chi connectivity index (χ1n) is 11.2. The predicted octanol–water partition coefficient (Wildman–Crippen LogP) is 5.09. The van der Waals surface area contributed by atoms with Gasteiger partial charge in [0.1, 0.15) is 5.54 Å². The number of halogens is 1. The molecule has 0 bridgehead atoms. The maximum atomic E-state index is 14.6. The molecule has 2 fully saturated rings. The Labute approximate surface area is 201 Å². The summed E-state index contributed by atoms with van der Waals surface area (Å²) in [5, 5.41) is 3.83. The monoisotopic (exact) mass is 472 g/mol. The third kappa shape index (κ3) is 2.23. The molecule has 0 radical (unpaired) electrons. The number of nitrogens with one attached hydrogen (secondary N) is 1. The Morgan fingerprint density at radius 1 is 0.970 bits per heavy atom. The van der Waals surface area contributed by atoms with Crippen LogP contribution in [0, 0.1) is 5.41 Å². The van der Waals surface area contributed by atoms with Crippen LogP contribution in [0.15, 0.2) is 72.8 Å². The van der Waals surface area contributed by atoms with E-state index in [1.807, 2.05) is 84.6 Å². The highest BCUT2D eigenvalue weighted by molar-refractivity contribution is 7.99. The summed E-state index contributed by atoms with van der Waals surface area (Å²) in [7, 11) is 0. The van der Waals surface area contributed by atoms with E-state index in [4.69, 9.17) is 11.6 Å². The van der Waals surface area contributed by atoms with E-state index in [0.717, 1.165) is 39.6 Å². The molecule has 164 valence electrons. The molecule has 3 aliphatic heterocycles. The number of hydrogen-bond acceptors (Lipinski definition) is 4. The van der Waals surface area contributed by atoms with Crippen LogP contribution in [0.25, 0.3) is 0 Å². The number of ketones is 1. The van der Waals surface area contributed by atoms with E-state index in [9.17, 15) is 9.59 Å². The van der Waals surface area contributed by atoms with Crippen molar-refractivity contribution in [1.82, 2.24) is 4.90 Å². The van der Waals surface area contributed by atoms with Crippen molar-refractivity contribution >= 4 is 40.7 Å². The Morgan fingerprint density at radius 2 is 1.73 bits per heavy atom. The molecule has 4 nitrogen and oxygen atoms in total. The molecule has 0 saturated carbocycles. The average molecular weight is 473 g/mol. The van der Waals surface area contributed by atoms with Gasteiger partial charge in [-0.25, -0.2) is 0 Å². The van der Waals surface area contributed by atoms with Gasteiger partial charge in [-0.1, -0.05) is 66.2 Å². The van der Waals surface area contributed by atoms with Gasteiger partial charge in [0.05, 0.1) is 5.41 Å². The minimum absolute atomic E-state index is 0.0752. The molecule has 3 heterocycles. The minimum atomic E-state index is -1.04. The highest BCUT2D eigenvalue weighted by Crippen LogP contribution is 2.70. The third-order valence-corrected chi connectivity index (χ3v) is 9.46. The third-order valence-electron chi connectivity index (χ3n) is 8.17. The van der Waals surface area contributed by atoms with Gasteiger partial charge in [0.2, 0.25) is 0 Å². The van der Waals surface area contributed by atoms with Crippen LogP contribution in [0.4, 0.5) is 5.69 Å². The molecule has 4 aliphatic rings. The first-order chi connectivity index (χ1) is 16.1. The van der Waals surface area contributed by atoms with Crippen LogP contribution < -0.4 is 5.32 Å². The molecule has 2 spiro atoms. The summed E-state index contributed by atoms with van der Waals surface area (Å²) in [5.74, 6) is 1.50. The Balaban J connectivity index is 1.58. The zero-order valence-corrected chi connectivity index (χ0v) is 19.3. The minimum Gasteiger partial charge on any atom is -0.324 e. The number of hydrogen-bond donors (Lipinski definition) is 1. The van der Waals surface area contributed by atoms with E-state index < -0.39 is 11.0 Å². The van der Waals surface area contributed by atoms with E-state index in [1.54, 1.807) is 0 Å². The molecule has 3 aromatic rings. The second-order valence-corrected chi connectivity index (χ2v) is 10.8. The number of carbonyl (C=O) groups is 2. The van der Waals surface area contributed by atoms with Gasteiger partial charge in [-0.2, -0.15) is 0 Å². The molecule has 7 rings (SSSR count). The standard InChI is InChI=1S/C27H21ClN2O2S/c28-18-11-9-16(10-12-18)23-22-14-33-15-30(22)27(20-7-3-4-8-21(20)29-25(27)32)26(23)13-17-5-1-2-6-19(17)24(26)31/h1-12,22-23H,13-15H2,(H,29,32)/t22-,23-,26-,27-/m0/s1. The van der Waals surface area contributed by atoms with Gasteiger partial charge >= 0.3 is 0 Å². The molecular weight excluding hydrogens is 452 g/mol. The maximum Gasteiger partial charge on any atom is 0.250 e. The molecular formula is C27H21ClN2O2S. The van der Waals surface area contributed by atoms with Crippen LogP contribution >= 0.6 is 23.4 Å². The van der Waals surface area contributed by atoms with Gasteiger partial charge in [0.25, 0.3) is 5.91 Å². The molecule has 6 heteroatoms. The summed E-state index contributed by atoms with van der Waals surface area (Å²) in [6.45, 7) is 0. The van der Waals surface area contributed by atoms with Crippen LogP contribution in [0.1, 0.15) is 33.0 Å². The Morgan fingerprint density at radius 3 is 2.55 bits per heavy atom. The second kappa shape index (κ2) is 6.72. The van der Waals surface area contributed by atoms with Crippen molar-refractivity contribution in [3.05, 3.63) is 100 Å². The lowest BCUT2D eigenvalue weighted by molar-refractivity contribution is -0.130. The fraction of sp³-hybridized carbons (Fsp3) is 0.259. The first kappa shape index (κ1) is 19.8. The van der Waals surface area contributed by atoms with Gasteiger partial charge in [-0.3, -0.25) is 14.5 Å². The average Bonchev–Trinajstić information content (AvgIpc) is 3.54. The number of rotatable bonds is 1. The lowest BCUT2D eigenvalue weighted by atomic mass is 9.58. The normalized spacial score (nSPS) is 31.8. The van der Waals surface area contributed by atoms with Crippen molar-refractivity contribution in [2.24, 2.45) is 5.41 Å². The van der Waals surface area contributed by atoms with Gasteiger partial charge in [-0.15, -0.1) is 11.8 Å². The Hall–Kier alpha value is -2.60. The summed E-state index contributed by atoms with van der Waals surface area (Å²) in [6, 6.07) is 23.8. The van der Waals surface area contributed by atoms with Crippen molar-refractivity contribution in [1.29, 1.82) is 0 Å². The van der Waals surface area contributed by atoms with Crippen molar-refractivity contribution < 1.29 is 9.59 Å². The fourth-order valence-corrected chi connectivity index (χ4v) is 8.52. The SMILES string of the molecule is O=C1Nc2ccccc2[C@]12N1CSC[C@H]1[C@H](c1ccc(Cl)cc1)[C@]21Cc2ccccc2C1=O. The van der Waals surface area contributed by atoms with Crippen LogP contribution in [0.2, 0.25) is 5.02 Å². The topological polar surface area (TPSA) is 49.4 Å². The van der Waals surface area contributed by atoms with E-state index in [0.29, 0.717) is 11.4 Å². The zero-order chi connectivity index (χ0) is 22.4. The number of thioether (sulfide) groups is 1. The van der Waals surface area contributed by atoms with Crippen LogP contribution in [0.3, 0.4) is 0 Å². The summed E-state index contributed by atoms with van der Waals surface area (Å²) >= 11 is 8.09. The second-order valence-electron chi connectivity index (χ2n) is 9.41. The number of anilines is 1. The molecule has 0 aromatic heterocycles. The molecule has 2 saturated heterocycles. The highest BCUT2D eigenvalue weighted by atomic mass is 35.5. The number of carbonyl (C=O) groups excluding carboxylic acids is 2. The van der Waals surface area contributed by atoms with Gasteiger partial charge < -0.3 is 5.32 Å². The molecule has 33 heavy (non-hydrogen) atoms. The summed E-state index contributed by atoms with van der Waals surface area (Å²) < 4.78 is 0. The summed E-state index contributed by atoms with van der Waals surface area (Å²) in [4.78, 5) is 31.1. The van der Waals surface area contributed by atoms with E-state index in [-0.39, 0.29) is 23.7 Å². The summed E-state index contributed by atoms with van der Waals surface area (Å²) in [6.07, 6.45) is 0.550. The van der Waals surface area contributed by atoms with Gasteiger partial charge in [0.15, 0.2) is 5.78 Å². The van der Waals surface area contributed by atoms with Crippen molar-refractivity contribution in [3.8, 4) is 0 Å². The van der Waals surface area contributed by atoms with Gasteiger partial charge in [0, 0.05) is 45.4 Å². The predicted molar refractivity (Wildman–Crippen MR) is 131 cm³/mol. The van der Waals surface area contributed by atoms with Crippen molar-refractivity contribution in [2.75, 3.05) is 16.9 Å². The molecule has 4 atom stereocenters. The number of para-hydroxylation sites is 1. The van der Waals surface area contributed by atoms with Gasteiger partial charge in [-0.05, 0) is 35.7 Å². The van der Waals surface area contributed by atoms with E-state index >= 15 is 0 Å². The van der Waals surface area contributed by atoms with Crippen molar-refractivity contribution in [3.63, 3.8) is 0 Å². The van der Waals surface area contributed by atoms with Crippen LogP contribution in [0.5, 0.6) is 0 Å². The number of amides is 1. The van der Waals surface area contributed by atoms with E-state index in [1.165, 1.54) is 0 Å². The Kier molecular flexibility index (Phi) is 4.04. The quantitative estimate of drug-likeness (QED) is 0.536. The molecule has 3 aromatic carbocycles. The number of nitrogens with zero attached hydrogens (tertiary/aromatic N) is 1. The number of benzene rings is 3. The number of Topliss-reactive ketones (excluding diaryl/α,β-unsaturated/α-hetero) is 1. The molecule has 1 amide bonds. The molecule has 1 aliphatic carbocycles.